The molecule has 1 saturated heterocycles. The fourth-order valence-electron chi connectivity index (χ4n) is 2.71. The summed E-state index contributed by atoms with van der Waals surface area (Å²) < 4.78 is 0. The normalized spacial score (nSPS) is 24.8. The molecule has 0 spiro atoms. The zero-order chi connectivity index (χ0) is 13.5. The number of nitrogens with one attached hydrogen (secondary N) is 1. The molecule has 2 unspecified atom stereocenters. The molecule has 0 aromatic rings. The lowest BCUT2D eigenvalue weighted by molar-refractivity contribution is -0.138. The van der Waals surface area contributed by atoms with Crippen molar-refractivity contribution in [1.29, 1.82) is 0 Å². The smallest absolute Gasteiger partial charge is 0.322 e. The fourth-order valence-corrected chi connectivity index (χ4v) is 2.71. The molecule has 0 aromatic carbocycles. The summed E-state index contributed by atoms with van der Waals surface area (Å²) in [4.78, 5) is 24.2. The van der Waals surface area contributed by atoms with Crippen molar-refractivity contribution in [2.75, 3.05) is 19.6 Å². The number of carbonyl (C=O) groups excluding carboxylic acids is 1. The molecule has 2 atom stereocenters. The lowest BCUT2D eigenvalue weighted by atomic mass is 9.88. The number of piperidine rings is 1. The number of amides is 1. The topological polar surface area (TPSA) is 69.6 Å². The predicted molar refractivity (Wildman–Crippen MR) is 69.3 cm³/mol. The van der Waals surface area contributed by atoms with Crippen LogP contribution in [0, 0.1) is 5.92 Å². The van der Waals surface area contributed by atoms with Gasteiger partial charge in [-0.15, -0.1) is 0 Å². The molecule has 1 fully saturated rings. The van der Waals surface area contributed by atoms with Gasteiger partial charge in [0.05, 0.1) is 6.54 Å². The number of aliphatic carboxylic acids is 1. The number of carbonyl (C=O) groups is 2. The third kappa shape index (κ3) is 4.64. The quantitative estimate of drug-likeness (QED) is 0.746. The molecular weight excluding hydrogens is 232 g/mol. The van der Waals surface area contributed by atoms with Crippen molar-refractivity contribution in [2.45, 2.75) is 45.6 Å². The summed E-state index contributed by atoms with van der Waals surface area (Å²) in [7, 11) is 0. The van der Waals surface area contributed by atoms with Gasteiger partial charge in [0.2, 0.25) is 5.91 Å². The van der Waals surface area contributed by atoms with Crippen LogP contribution in [0.2, 0.25) is 0 Å². The molecule has 1 amide bonds. The molecular formula is C13H24N2O3. The third-order valence-electron chi connectivity index (χ3n) is 3.60. The molecule has 2 N–H and O–H groups in total. The van der Waals surface area contributed by atoms with Crippen LogP contribution in [0.3, 0.4) is 0 Å². The number of likely N-dealkylation sites (tertiary alicyclic amines) is 1. The van der Waals surface area contributed by atoms with Crippen LogP contribution in [-0.2, 0) is 9.59 Å². The first-order chi connectivity index (χ1) is 8.54. The Bertz CT molecular complexity index is 294. The van der Waals surface area contributed by atoms with E-state index in [1.54, 1.807) is 0 Å². The first-order valence-corrected chi connectivity index (χ1v) is 6.77. The van der Waals surface area contributed by atoms with Gasteiger partial charge in [0, 0.05) is 6.04 Å². The van der Waals surface area contributed by atoms with Crippen LogP contribution in [0.4, 0.5) is 0 Å². The molecule has 1 aliphatic rings. The van der Waals surface area contributed by atoms with Crippen molar-refractivity contribution in [2.24, 2.45) is 5.92 Å². The number of rotatable bonds is 6. The first kappa shape index (κ1) is 15.0. The Kier molecular flexibility index (Phi) is 6.12. The minimum Gasteiger partial charge on any atom is -0.480 e. The SMILES string of the molecule is CCCC1C(C)CCCN1CC(=O)NCC(=O)O. The highest BCUT2D eigenvalue weighted by atomic mass is 16.4. The van der Waals surface area contributed by atoms with Gasteiger partial charge in [0.1, 0.15) is 6.54 Å². The molecule has 1 aliphatic heterocycles. The molecule has 0 aromatic heterocycles. The highest BCUT2D eigenvalue weighted by Crippen LogP contribution is 2.26. The maximum absolute atomic E-state index is 11.7. The summed E-state index contributed by atoms with van der Waals surface area (Å²) >= 11 is 0. The lowest BCUT2D eigenvalue weighted by Crippen LogP contribution is -2.49. The van der Waals surface area contributed by atoms with E-state index < -0.39 is 5.97 Å². The van der Waals surface area contributed by atoms with E-state index in [4.69, 9.17) is 5.11 Å². The predicted octanol–water partition coefficient (Wildman–Crippen LogP) is 1.09. The van der Waals surface area contributed by atoms with Crippen LogP contribution in [0.5, 0.6) is 0 Å². The van der Waals surface area contributed by atoms with Gasteiger partial charge in [-0.05, 0) is 31.7 Å². The minimum absolute atomic E-state index is 0.187. The monoisotopic (exact) mass is 256 g/mol. The Labute approximate surface area is 109 Å². The van der Waals surface area contributed by atoms with E-state index >= 15 is 0 Å². The van der Waals surface area contributed by atoms with E-state index in [1.165, 1.54) is 6.42 Å². The number of hydrogen-bond acceptors (Lipinski definition) is 3. The molecule has 104 valence electrons. The summed E-state index contributed by atoms with van der Waals surface area (Å²) in [5.41, 5.74) is 0. The fraction of sp³-hybridized carbons (Fsp3) is 0.846. The van der Waals surface area contributed by atoms with Gasteiger partial charge in [0.25, 0.3) is 0 Å². The number of carboxylic acid groups (broad SMARTS) is 1. The summed E-state index contributed by atoms with van der Waals surface area (Å²) in [6.45, 7) is 5.37. The average Bonchev–Trinajstić information content (AvgIpc) is 2.31. The molecule has 0 radical (unpaired) electrons. The maximum Gasteiger partial charge on any atom is 0.322 e. The number of nitrogens with zero attached hydrogens (tertiary/aromatic N) is 1. The maximum atomic E-state index is 11.7. The third-order valence-corrected chi connectivity index (χ3v) is 3.60. The van der Waals surface area contributed by atoms with E-state index in [1.807, 2.05) is 0 Å². The van der Waals surface area contributed by atoms with Crippen LogP contribution < -0.4 is 5.32 Å². The molecule has 5 nitrogen and oxygen atoms in total. The number of hydrogen-bond donors (Lipinski definition) is 2. The van der Waals surface area contributed by atoms with E-state index in [0.717, 1.165) is 25.8 Å². The van der Waals surface area contributed by atoms with Crippen LogP contribution in [-0.4, -0.2) is 47.6 Å². The van der Waals surface area contributed by atoms with Crippen LogP contribution in [0.15, 0.2) is 0 Å². The average molecular weight is 256 g/mol. The molecule has 1 rings (SSSR count). The summed E-state index contributed by atoms with van der Waals surface area (Å²) in [5.74, 6) is -0.570. The summed E-state index contributed by atoms with van der Waals surface area (Å²) in [6, 6.07) is 0.458. The highest BCUT2D eigenvalue weighted by Gasteiger charge is 2.28. The Morgan fingerprint density at radius 3 is 2.78 bits per heavy atom. The Morgan fingerprint density at radius 2 is 2.17 bits per heavy atom. The second kappa shape index (κ2) is 7.36. The van der Waals surface area contributed by atoms with Gasteiger partial charge in [-0.2, -0.15) is 0 Å². The van der Waals surface area contributed by atoms with E-state index in [9.17, 15) is 9.59 Å². The second-order valence-electron chi connectivity index (χ2n) is 5.12. The Morgan fingerprint density at radius 1 is 1.44 bits per heavy atom. The number of carboxylic acids is 1. The van der Waals surface area contributed by atoms with Gasteiger partial charge in [0.15, 0.2) is 0 Å². The summed E-state index contributed by atoms with van der Waals surface area (Å²) in [6.07, 6.45) is 4.56. The zero-order valence-electron chi connectivity index (χ0n) is 11.3. The zero-order valence-corrected chi connectivity index (χ0v) is 11.3. The molecule has 0 bridgehead atoms. The molecule has 0 aliphatic carbocycles. The van der Waals surface area contributed by atoms with Crippen molar-refractivity contribution in [1.82, 2.24) is 10.2 Å². The van der Waals surface area contributed by atoms with Crippen molar-refractivity contribution in [3.63, 3.8) is 0 Å². The second-order valence-corrected chi connectivity index (χ2v) is 5.12. The Hall–Kier alpha value is -1.10. The van der Waals surface area contributed by atoms with Crippen molar-refractivity contribution < 1.29 is 14.7 Å². The van der Waals surface area contributed by atoms with E-state index in [0.29, 0.717) is 18.5 Å². The van der Waals surface area contributed by atoms with Crippen LogP contribution in [0.1, 0.15) is 39.5 Å². The van der Waals surface area contributed by atoms with Gasteiger partial charge < -0.3 is 10.4 Å². The molecule has 5 heteroatoms. The standard InChI is InChI=1S/C13H24N2O3/c1-3-5-11-10(2)6-4-7-15(11)9-12(16)14-8-13(17)18/h10-11H,3-9H2,1-2H3,(H,14,16)(H,17,18). The van der Waals surface area contributed by atoms with E-state index in [-0.39, 0.29) is 12.5 Å². The van der Waals surface area contributed by atoms with Crippen molar-refractivity contribution >= 4 is 11.9 Å². The molecule has 1 heterocycles. The van der Waals surface area contributed by atoms with Crippen LogP contribution in [0.25, 0.3) is 0 Å². The highest BCUT2D eigenvalue weighted by molar-refractivity contribution is 5.82. The molecule has 0 saturated carbocycles. The summed E-state index contributed by atoms with van der Waals surface area (Å²) in [5, 5.41) is 10.9. The lowest BCUT2D eigenvalue weighted by Gasteiger charge is -2.39. The first-order valence-electron chi connectivity index (χ1n) is 6.77. The van der Waals surface area contributed by atoms with Gasteiger partial charge in [-0.25, -0.2) is 0 Å². The largest absolute Gasteiger partial charge is 0.480 e. The van der Waals surface area contributed by atoms with Crippen LogP contribution >= 0.6 is 0 Å². The molecule has 18 heavy (non-hydrogen) atoms. The van der Waals surface area contributed by atoms with E-state index in [2.05, 4.69) is 24.1 Å². The minimum atomic E-state index is -1.000. The van der Waals surface area contributed by atoms with Crippen molar-refractivity contribution in [3.05, 3.63) is 0 Å². The Balaban J connectivity index is 2.46. The van der Waals surface area contributed by atoms with Gasteiger partial charge in [-0.1, -0.05) is 20.3 Å². The van der Waals surface area contributed by atoms with Gasteiger partial charge >= 0.3 is 5.97 Å². The van der Waals surface area contributed by atoms with Crippen molar-refractivity contribution in [3.8, 4) is 0 Å². The van der Waals surface area contributed by atoms with Gasteiger partial charge in [-0.3, -0.25) is 14.5 Å².